The summed E-state index contributed by atoms with van der Waals surface area (Å²) >= 11 is 3.51. The van der Waals surface area contributed by atoms with E-state index in [1.54, 1.807) is 7.11 Å². The van der Waals surface area contributed by atoms with E-state index in [2.05, 4.69) is 65.4 Å². The Balaban J connectivity index is 1.92. The lowest BCUT2D eigenvalue weighted by Crippen LogP contribution is -2.16. The lowest BCUT2D eigenvalue weighted by atomic mass is 10.0. The van der Waals surface area contributed by atoms with Crippen molar-refractivity contribution in [3.63, 3.8) is 0 Å². The van der Waals surface area contributed by atoms with Crippen molar-refractivity contribution in [2.75, 3.05) is 12.4 Å². The molecule has 3 heteroatoms. The predicted octanol–water partition coefficient (Wildman–Crippen LogP) is 5.20. The lowest BCUT2D eigenvalue weighted by Gasteiger charge is -2.16. The monoisotopic (exact) mass is 347 g/mol. The maximum atomic E-state index is 5.29. The number of benzene rings is 2. The van der Waals surface area contributed by atoms with Crippen LogP contribution >= 0.6 is 15.9 Å². The van der Waals surface area contributed by atoms with Gasteiger partial charge in [0.25, 0.3) is 0 Å². The molecule has 2 rings (SSSR count). The van der Waals surface area contributed by atoms with E-state index in [0.717, 1.165) is 28.8 Å². The molecule has 2 aromatic rings. The van der Waals surface area contributed by atoms with Crippen LogP contribution in [-0.2, 0) is 6.42 Å². The molecule has 112 valence electrons. The molecule has 0 aromatic heterocycles. The minimum absolute atomic E-state index is 0.407. The van der Waals surface area contributed by atoms with E-state index in [9.17, 15) is 0 Å². The predicted molar refractivity (Wildman–Crippen MR) is 93.3 cm³/mol. The van der Waals surface area contributed by atoms with Gasteiger partial charge < -0.3 is 10.1 Å². The molecule has 0 aliphatic carbocycles. The van der Waals surface area contributed by atoms with Crippen LogP contribution in [0.25, 0.3) is 0 Å². The van der Waals surface area contributed by atoms with Crippen LogP contribution in [0.1, 0.15) is 24.5 Å². The van der Waals surface area contributed by atoms with Crippen LogP contribution in [0.15, 0.2) is 46.9 Å². The van der Waals surface area contributed by atoms with Gasteiger partial charge in [-0.2, -0.15) is 0 Å². The van der Waals surface area contributed by atoms with Gasteiger partial charge in [0.2, 0.25) is 0 Å². The average molecular weight is 348 g/mol. The molecule has 1 unspecified atom stereocenters. The largest absolute Gasteiger partial charge is 0.497 e. The summed E-state index contributed by atoms with van der Waals surface area (Å²) in [7, 11) is 1.69. The molecule has 0 heterocycles. The summed E-state index contributed by atoms with van der Waals surface area (Å²) in [6, 6.07) is 15.2. The molecule has 0 radical (unpaired) electrons. The number of anilines is 1. The highest BCUT2D eigenvalue weighted by atomic mass is 79.9. The zero-order valence-corrected chi connectivity index (χ0v) is 14.4. The molecule has 1 atom stereocenters. The van der Waals surface area contributed by atoms with Crippen LogP contribution < -0.4 is 10.1 Å². The van der Waals surface area contributed by atoms with Gasteiger partial charge in [-0.05, 0) is 44.4 Å². The molecular weight excluding hydrogens is 326 g/mol. The standard InChI is InChI=1S/C18H22BrNO/c1-13-5-4-6-15(9-13)8-7-14(2)20-17-10-16(19)11-18(12-17)21-3/h4-6,9-12,14,20H,7-8H2,1-3H3. The quantitative estimate of drug-likeness (QED) is 0.775. The van der Waals surface area contributed by atoms with Crippen LogP contribution in [0.2, 0.25) is 0 Å². The first-order valence-corrected chi connectivity index (χ1v) is 8.03. The molecule has 0 aliphatic rings. The Morgan fingerprint density at radius 2 is 2.00 bits per heavy atom. The zero-order chi connectivity index (χ0) is 15.2. The molecule has 0 bridgehead atoms. The van der Waals surface area contributed by atoms with Crippen molar-refractivity contribution in [3.05, 3.63) is 58.1 Å². The van der Waals surface area contributed by atoms with E-state index in [-0.39, 0.29) is 0 Å². The van der Waals surface area contributed by atoms with Gasteiger partial charge in [0, 0.05) is 22.3 Å². The number of aryl methyl sites for hydroxylation is 2. The molecule has 0 saturated carbocycles. The van der Waals surface area contributed by atoms with E-state index in [1.807, 2.05) is 12.1 Å². The van der Waals surface area contributed by atoms with Crippen LogP contribution in [0.3, 0.4) is 0 Å². The molecule has 0 fully saturated rings. The summed E-state index contributed by atoms with van der Waals surface area (Å²) in [5.74, 6) is 0.859. The highest BCUT2D eigenvalue weighted by molar-refractivity contribution is 9.10. The Bertz CT molecular complexity index is 598. The summed E-state index contributed by atoms with van der Waals surface area (Å²) < 4.78 is 6.31. The average Bonchev–Trinajstić information content (AvgIpc) is 2.44. The van der Waals surface area contributed by atoms with Crippen molar-refractivity contribution in [2.24, 2.45) is 0 Å². The van der Waals surface area contributed by atoms with Gasteiger partial charge in [0.05, 0.1) is 7.11 Å². The summed E-state index contributed by atoms with van der Waals surface area (Å²) in [5, 5.41) is 3.53. The SMILES string of the molecule is COc1cc(Br)cc(NC(C)CCc2cccc(C)c2)c1. The third kappa shape index (κ3) is 5.09. The molecule has 0 spiro atoms. The first-order valence-electron chi connectivity index (χ1n) is 7.23. The van der Waals surface area contributed by atoms with Crippen LogP contribution in [0.5, 0.6) is 5.75 Å². The van der Waals surface area contributed by atoms with Gasteiger partial charge in [0.15, 0.2) is 0 Å². The molecule has 0 saturated heterocycles. The minimum atomic E-state index is 0.407. The Hall–Kier alpha value is -1.48. The summed E-state index contributed by atoms with van der Waals surface area (Å²) in [6.45, 7) is 4.35. The van der Waals surface area contributed by atoms with Crippen molar-refractivity contribution >= 4 is 21.6 Å². The molecule has 0 amide bonds. The van der Waals surface area contributed by atoms with Crippen LogP contribution in [0, 0.1) is 6.92 Å². The fraction of sp³-hybridized carbons (Fsp3) is 0.333. The smallest absolute Gasteiger partial charge is 0.122 e. The van der Waals surface area contributed by atoms with E-state index in [0.29, 0.717) is 6.04 Å². The van der Waals surface area contributed by atoms with Gasteiger partial charge in [-0.25, -0.2) is 0 Å². The van der Waals surface area contributed by atoms with Crippen LogP contribution in [-0.4, -0.2) is 13.2 Å². The third-order valence-corrected chi connectivity index (χ3v) is 3.93. The number of hydrogen-bond donors (Lipinski definition) is 1. The second kappa shape index (κ2) is 7.51. The maximum absolute atomic E-state index is 5.29. The zero-order valence-electron chi connectivity index (χ0n) is 12.8. The van der Waals surface area contributed by atoms with Gasteiger partial charge in [-0.1, -0.05) is 45.8 Å². The summed E-state index contributed by atoms with van der Waals surface area (Å²) in [6.07, 6.45) is 2.18. The second-order valence-electron chi connectivity index (χ2n) is 5.45. The number of hydrogen-bond acceptors (Lipinski definition) is 2. The Morgan fingerprint density at radius 1 is 1.19 bits per heavy atom. The number of ether oxygens (including phenoxy) is 1. The fourth-order valence-corrected chi connectivity index (χ4v) is 2.84. The molecular formula is C18H22BrNO. The van der Waals surface area contributed by atoms with E-state index in [1.165, 1.54) is 11.1 Å². The highest BCUT2D eigenvalue weighted by Gasteiger charge is 2.05. The fourth-order valence-electron chi connectivity index (χ4n) is 2.37. The van der Waals surface area contributed by atoms with Gasteiger partial charge >= 0.3 is 0 Å². The second-order valence-corrected chi connectivity index (χ2v) is 6.37. The lowest BCUT2D eigenvalue weighted by molar-refractivity contribution is 0.414. The van der Waals surface area contributed by atoms with Crippen LogP contribution in [0.4, 0.5) is 5.69 Å². The van der Waals surface area contributed by atoms with Crippen molar-refractivity contribution in [2.45, 2.75) is 32.7 Å². The molecule has 2 aromatic carbocycles. The van der Waals surface area contributed by atoms with E-state index >= 15 is 0 Å². The first kappa shape index (κ1) is 15.9. The highest BCUT2D eigenvalue weighted by Crippen LogP contribution is 2.25. The van der Waals surface area contributed by atoms with Gasteiger partial charge in [-0.15, -0.1) is 0 Å². The van der Waals surface area contributed by atoms with Gasteiger partial charge in [-0.3, -0.25) is 0 Å². The Kier molecular flexibility index (Phi) is 5.68. The van der Waals surface area contributed by atoms with Crippen molar-refractivity contribution in [1.29, 1.82) is 0 Å². The molecule has 1 N–H and O–H groups in total. The topological polar surface area (TPSA) is 21.3 Å². The van der Waals surface area contributed by atoms with E-state index < -0.39 is 0 Å². The van der Waals surface area contributed by atoms with E-state index in [4.69, 9.17) is 4.74 Å². The maximum Gasteiger partial charge on any atom is 0.122 e. The normalized spacial score (nSPS) is 12.0. The number of rotatable bonds is 6. The number of methoxy groups -OCH3 is 1. The van der Waals surface area contributed by atoms with Gasteiger partial charge in [0.1, 0.15) is 5.75 Å². The molecule has 0 aliphatic heterocycles. The first-order chi connectivity index (χ1) is 10.1. The summed E-state index contributed by atoms with van der Waals surface area (Å²) in [5.41, 5.74) is 3.80. The Morgan fingerprint density at radius 3 is 2.71 bits per heavy atom. The molecule has 2 nitrogen and oxygen atoms in total. The number of halogens is 1. The van der Waals surface area contributed by atoms with Crippen molar-refractivity contribution < 1.29 is 4.74 Å². The van der Waals surface area contributed by atoms with Crippen molar-refractivity contribution in [3.8, 4) is 5.75 Å². The van der Waals surface area contributed by atoms with Crippen molar-refractivity contribution in [1.82, 2.24) is 0 Å². The summed E-state index contributed by atoms with van der Waals surface area (Å²) in [4.78, 5) is 0. The molecule has 21 heavy (non-hydrogen) atoms. The minimum Gasteiger partial charge on any atom is -0.497 e. The number of nitrogens with one attached hydrogen (secondary N) is 1. The Labute approximate surface area is 135 Å². The third-order valence-electron chi connectivity index (χ3n) is 3.47.